The van der Waals surface area contributed by atoms with Gasteiger partial charge in [-0.1, -0.05) is 6.08 Å². The molecule has 0 aliphatic heterocycles. The topological polar surface area (TPSA) is 57.6 Å². The van der Waals surface area contributed by atoms with E-state index in [1.54, 1.807) is 13.0 Å². The SMILES string of the molecule is C=CCN(CCO)S(=O)(=O)c1cc(Br)sc1C. The lowest BCUT2D eigenvalue weighted by molar-refractivity contribution is 0.260. The summed E-state index contributed by atoms with van der Waals surface area (Å²) in [5, 5.41) is 8.90. The number of halogens is 1. The van der Waals surface area contributed by atoms with Crippen LogP contribution in [0.3, 0.4) is 0 Å². The third kappa shape index (κ3) is 3.38. The summed E-state index contributed by atoms with van der Waals surface area (Å²) >= 11 is 4.64. The third-order valence-electron chi connectivity index (χ3n) is 2.14. The summed E-state index contributed by atoms with van der Waals surface area (Å²) in [6.07, 6.45) is 1.50. The summed E-state index contributed by atoms with van der Waals surface area (Å²) in [7, 11) is -3.55. The van der Waals surface area contributed by atoms with E-state index in [2.05, 4.69) is 22.5 Å². The first kappa shape index (κ1) is 14.8. The normalized spacial score (nSPS) is 12.0. The van der Waals surface area contributed by atoms with Crippen LogP contribution in [0, 0.1) is 6.92 Å². The van der Waals surface area contributed by atoms with E-state index in [1.807, 2.05) is 0 Å². The van der Waals surface area contributed by atoms with Gasteiger partial charge in [-0.3, -0.25) is 0 Å². The fourth-order valence-electron chi connectivity index (χ4n) is 1.39. The Morgan fingerprint density at radius 1 is 1.65 bits per heavy atom. The molecule has 96 valence electrons. The molecule has 0 bridgehead atoms. The molecule has 0 amide bonds. The molecule has 1 rings (SSSR count). The van der Waals surface area contributed by atoms with Gasteiger partial charge in [-0.2, -0.15) is 4.31 Å². The summed E-state index contributed by atoms with van der Waals surface area (Å²) in [6.45, 7) is 5.33. The predicted molar refractivity (Wildman–Crippen MR) is 72.8 cm³/mol. The quantitative estimate of drug-likeness (QED) is 0.806. The Balaban J connectivity index is 3.15. The number of hydrogen-bond donors (Lipinski definition) is 1. The molecule has 17 heavy (non-hydrogen) atoms. The van der Waals surface area contributed by atoms with Gasteiger partial charge in [0.2, 0.25) is 10.0 Å². The minimum atomic E-state index is -3.55. The second-order valence-electron chi connectivity index (χ2n) is 3.35. The summed E-state index contributed by atoms with van der Waals surface area (Å²) in [5.41, 5.74) is 0. The van der Waals surface area contributed by atoms with Crippen LogP contribution in [-0.4, -0.2) is 37.5 Å². The fraction of sp³-hybridized carbons (Fsp3) is 0.400. The summed E-state index contributed by atoms with van der Waals surface area (Å²) in [4.78, 5) is 1.01. The Kier molecular flexibility index (Phi) is 5.33. The lowest BCUT2D eigenvalue weighted by atomic mass is 10.5. The maximum atomic E-state index is 12.3. The molecule has 0 spiro atoms. The van der Waals surface area contributed by atoms with Crippen molar-refractivity contribution >= 4 is 37.3 Å². The molecule has 1 aromatic heterocycles. The van der Waals surface area contributed by atoms with E-state index in [-0.39, 0.29) is 24.6 Å². The molecule has 7 heteroatoms. The van der Waals surface area contributed by atoms with Crippen LogP contribution >= 0.6 is 27.3 Å². The highest BCUT2D eigenvalue weighted by Gasteiger charge is 2.26. The van der Waals surface area contributed by atoms with Crippen LogP contribution in [0.4, 0.5) is 0 Å². The predicted octanol–water partition coefficient (Wildman–Crippen LogP) is 1.99. The number of nitrogens with zero attached hydrogens (tertiary/aromatic N) is 1. The van der Waals surface area contributed by atoms with Gasteiger partial charge in [0, 0.05) is 18.0 Å². The Labute approximate surface area is 114 Å². The zero-order chi connectivity index (χ0) is 13.1. The maximum Gasteiger partial charge on any atom is 0.244 e. The van der Waals surface area contributed by atoms with Crippen LogP contribution in [0.15, 0.2) is 27.4 Å². The van der Waals surface area contributed by atoms with Gasteiger partial charge in [-0.15, -0.1) is 17.9 Å². The number of rotatable bonds is 6. The van der Waals surface area contributed by atoms with Gasteiger partial charge in [0.1, 0.15) is 0 Å². The molecule has 0 aromatic carbocycles. The van der Waals surface area contributed by atoms with Crippen molar-refractivity contribution in [3.05, 3.63) is 27.4 Å². The molecule has 0 saturated carbocycles. The molecule has 0 aliphatic rings. The molecule has 1 heterocycles. The van der Waals surface area contributed by atoms with Crippen molar-refractivity contribution in [2.24, 2.45) is 0 Å². The van der Waals surface area contributed by atoms with Crippen LogP contribution in [0.5, 0.6) is 0 Å². The smallest absolute Gasteiger partial charge is 0.244 e. The van der Waals surface area contributed by atoms with E-state index in [0.717, 1.165) is 8.66 Å². The molecule has 0 atom stereocenters. The van der Waals surface area contributed by atoms with Crippen LogP contribution in [0.2, 0.25) is 0 Å². The highest BCUT2D eigenvalue weighted by atomic mass is 79.9. The zero-order valence-corrected chi connectivity index (χ0v) is 12.6. The second kappa shape index (κ2) is 6.10. The number of sulfonamides is 1. The van der Waals surface area contributed by atoms with E-state index >= 15 is 0 Å². The molecular weight excluding hydrogens is 326 g/mol. The highest BCUT2D eigenvalue weighted by Crippen LogP contribution is 2.31. The number of aryl methyl sites for hydroxylation is 1. The number of hydrogen-bond acceptors (Lipinski definition) is 4. The van der Waals surface area contributed by atoms with Crippen molar-refractivity contribution in [3.8, 4) is 0 Å². The first-order valence-electron chi connectivity index (χ1n) is 4.91. The lowest BCUT2D eigenvalue weighted by Crippen LogP contribution is -2.33. The summed E-state index contributed by atoms with van der Waals surface area (Å²) in [6, 6.07) is 1.59. The van der Waals surface area contributed by atoms with E-state index in [9.17, 15) is 8.42 Å². The van der Waals surface area contributed by atoms with Gasteiger partial charge in [0.05, 0.1) is 15.3 Å². The van der Waals surface area contributed by atoms with Crippen molar-refractivity contribution in [3.63, 3.8) is 0 Å². The van der Waals surface area contributed by atoms with Gasteiger partial charge in [-0.25, -0.2) is 8.42 Å². The number of aliphatic hydroxyl groups is 1. The van der Waals surface area contributed by atoms with Crippen molar-refractivity contribution < 1.29 is 13.5 Å². The van der Waals surface area contributed by atoms with E-state index in [0.29, 0.717) is 0 Å². The Morgan fingerprint density at radius 3 is 2.71 bits per heavy atom. The summed E-state index contributed by atoms with van der Waals surface area (Å²) in [5.74, 6) is 0. The van der Waals surface area contributed by atoms with Crippen LogP contribution < -0.4 is 0 Å². The molecular formula is C10H14BrNO3S2. The molecule has 0 radical (unpaired) electrons. The standard InChI is InChI=1S/C10H14BrNO3S2/c1-3-4-12(5-6-13)17(14,15)9-7-10(11)16-8(9)2/h3,7,13H,1,4-6H2,2H3. The Bertz CT molecular complexity index is 496. The third-order valence-corrected chi connectivity index (χ3v) is 5.82. The van der Waals surface area contributed by atoms with Crippen molar-refractivity contribution in [2.45, 2.75) is 11.8 Å². The largest absolute Gasteiger partial charge is 0.395 e. The molecule has 1 N–H and O–H groups in total. The van der Waals surface area contributed by atoms with Crippen molar-refractivity contribution in [1.29, 1.82) is 0 Å². The molecule has 4 nitrogen and oxygen atoms in total. The van der Waals surface area contributed by atoms with Gasteiger partial charge < -0.3 is 5.11 Å². The van der Waals surface area contributed by atoms with Crippen LogP contribution in [0.25, 0.3) is 0 Å². The van der Waals surface area contributed by atoms with Crippen LogP contribution in [-0.2, 0) is 10.0 Å². The molecule has 0 saturated heterocycles. The van der Waals surface area contributed by atoms with Crippen molar-refractivity contribution in [1.82, 2.24) is 4.31 Å². The van der Waals surface area contributed by atoms with Gasteiger partial charge in [-0.05, 0) is 28.9 Å². The van der Waals surface area contributed by atoms with Gasteiger partial charge in [0.15, 0.2) is 0 Å². The van der Waals surface area contributed by atoms with Gasteiger partial charge >= 0.3 is 0 Å². The van der Waals surface area contributed by atoms with Crippen molar-refractivity contribution in [2.75, 3.05) is 19.7 Å². The van der Waals surface area contributed by atoms with E-state index < -0.39 is 10.0 Å². The first-order chi connectivity index (χ1) is 7.93. The Morgan fingerprint density at radius 2 is 2.29 bits per heavy atom. The summed E-state index contributed by atoms with van der Waals surface area (Å²) < 4.78 is 26.6. The molecule has 0 unspecified atom stereocenters. The molecule has 0 aliphatic carbocycles. The average Bonchev–Trinajstić information content (AvgIpc) is 2.58. The minimum Gasteiger partial charge on any atom is -0.395 e. The van der Waals surface area contributed by atoms with E-state index in [1.165, 1.54) is 21.7 Å². The first-order valence-corrected chi connectivity index (χ1v) is 7.96. The van der Waals surface area contributed by atoms with Crippen LogP contribution in [0.1, 0.15) is 4.88 Å². The average molecular weight is 340 g/mol. The Hall–Kier alpha value is -0.210. The minimum absolute atomic E-state index is 0.0707. The fourth-order valence-corrected chi connectivity index (χ4v) is 5.18. The second-order valence-corrected chi connectivity index (χ2v) is 7.89. The van der Waals surface area contributed by atoms with Gasteiger partial charge in [0.25, 0.3) is 0 Å². The molecule has 0 fully saturated rings. The highest BCUT2D eigenvalue weighted by molar-refractivity contribution is 9.11. The molecule has 1 aromatic rings. The lowest BCUT2D eigenvalue weighted by Gasteiger charge is -2.19. The number of aliphatic hydroxyl groups excluding tert-OH is 1. The monoisotopic (exact) mass is 339 g/mol. The zero-order valence-electron chi connectivity index (χ0n) is 9.39. The number of thiophene rings is 1. The van der Waals surface area contributed by atoms with E-state index in [4.69, 9.17) is 5.11 Å². The maximum absolute atomic E-state index is 12.3.